The molecule has 2 rings (SSSR count). The summed E-state index contributed by atoms with van der Waals surface area (Å²) in [7, 11) is 0. The molecule has 1 aromatic heterocycles. The first-order valence-corrected chi connectivity index (χ1v) is 7.94. The summed E-state index contributed by atoms with van der Waals surface area (Å²) < 4.78 is 5.39. The second-order valence-corrected chi connectivity index (χ2v) is 6.91. The second kappa shape index (κ2) is 6.54. The highest BCUT2D eigenvalue weighted by Gasteiger charge is 2.29. The van der Waals surface area contributed by atoms with Crippen molar-refractivity contribution in [1.29, 1.82) is 0 Å². The van der Waals surface area contributed by atoms with Crippen LogP contribution in [0.3, 0.4) is 0 Å². The van der Waals surface area contributed by atoms with Gasteiger partial charge in [0.15, 0.2) is 0 Å². The van der Waals surface area contributed by atoms with Gasteiger partial charge in [0.1, 0.15) is 5.60 Å². The molecule has 0 radical (unpaired) electrons. The zero-order valence-corrected chi connectivity index (χ0v) is 13.2. The van der Waals surface area contributed by atoms with E-state index in [4.69, 9.17) is 4.74 Å². The van der Waals surface area contributed by atoms with Crippen LogP contribution in [0.2, 0.25) is 0 Å². The number of thiazole rings is 1. The van der Waals surface area contributed by atoms with Gasteiger partial charge in [-0.2, -0.15) is 0 Å². The van der Waals surface area contributed by atoms with Crippen LogP contribution in [0.25, 0.3) is 0 Å². The van der Waals surface area contributed by atoms with E-state index in [1.807, 2.05) is 26.3 Å². The average molecular weight is 297 g/mol. The summed E-state index contributed by atoms with van der Waals surface area (Å²) in [5.74, 6) is 0.501. The molecule has 1 aromatic rings. The summed E-state index contributed by atoms with van der Waals surface area (Å²) in [6, 6.07) is 0. The predicted octanol–water partition coefficient (Wildman–Crippen LogP) is 2.49. The molecular formula is C14H23N3O2S. The summed E-state index contributed by atoms with van der Waals surface area (Å²) in [6.07, 6.45) is 0.836. The van der Waals surface area contributed by atoms with Crippen molar-refractivity contribution in [3.05, 3.63) is 16.6 Å². The summed E-state index contributed by atoms with van der Waals surface area (Å²) in [5.41, 5.74) is 2.51. The first kappa shape index (κ1) is 15.3. The summed E-state index contributed by atoms with van der Waals surface area (Å²) in [4.78, 5) is 18.0. The molecule has 1 fully saturated rings. The molecule has 6 heteroatoms. The Bertz CT molecular complexity index is 428. The van der Waals surface area contributed by atoms with Crippen LogP contribution in [0.4, 0.5) is 4.79 Å². The zero-order chi connectivity index (χ0) is 14.6. The molecule has 1 N–H and O–H groups in total. The number of carbonyl (C=O) groups excluding carboxylic acids is 1. The van der Waals surface area contributed by atoms with E-state index in [-0.39, 0.29) is 6.09 Å². The molecule has 112 valence electrons. The number of hydrogen-bond donors (Lipinski definition) is 1. The number of aromatic nitrogens is 1. The molecule has 1 amide bonds. The van der Waals surface area contributed by atoms with Crippen LogP contribution in [0.5, 0.6) is 0 Å². The highest BCUT2D eigenvalue weighted by Crippen LogP contribution is 2.19. The fourth-order valence-corrected chi connectivity index (χ4v) is 2.78. The molecule has 20 heavy (non-hydrogen) atoms. The summed E-state index contributed by atoms with van der Waals surface area (Å²) in [6.45, 7) is 8.97. The van der Waals surface area contributed by atoms with E-state index in [1.54, 1.807) is 16.2 Å². The Hall–Kier alpha value is -1.14. The average Bonchev–Trinajstić information content (AvgIpc) is 2.97. The fraction of sp³-hybridized carbons (Fsp3) is 0.714. The number of carbonyl (C=O) groups is 1. The molecule has 1 unspecified atom stereocenters. The van der Waals surface area contributed by atoms with Crippen LogP contribution in [-0.4, -0.2) is 41.2 Å². The van der Waals surface area contributed by atoms with Crippen molar-refractivity contribution < 1.29 is 9.53 Å². The van der Waals surface area contributed by atoms with Crippen LogP contribution in [0.15, 0.2) is 10.9 Å². The number of nitrogens with zero attached hydrogens (tertiary/aromatic N) is 2. The van der Waals surface area contributed by atoms with E-state index in [2.05, 4.69) is 15.7 Å². The van der Waals surface area contributed by atoms with Gasteiger partial charge >= 0.3 is 6.09 Å². The van der Waals surface area contributed by atoms with Crippen molar-refractivity contribution in [2.75, 3.05) is 19.6 Å². The molecular weight excluding hydrogens is 274 g/mol. The topological polar surface area (TPSA) is 54.5 Å². The van der Waals surface area contributed by atoms with Crippen molar-refractivity contribution in [3.63, 3.8) is 0 Å². The zero-order valence-electron chi connectivity index (χ0n) is 12.4. The minimum Gasteiger partial charge on any atom is -0.444 e. The summed E-state index contributed by atoms with van der Waals surface area (Å²) >= 11 is 1.61. The normalized spacial score (nSPS) is 19.4. The monoisotopic (exact) mass is 297 g/mol. The van der Waals surface area contributed by atoms with Gasteiger partial charge in [0.25, 0.3) is 0 Å². The Balaban J connectivity index is 1.68. The molecule has 1 atom stereocenters. The van der Waals surface area contributed by atoms with E-state index in [0.717, 1.165) is 38.3 Å². The highest BCUT2D eigenvalue weighted by atomic mass is 32.1. The van der Waals surface area contributed by atoms with Gasteiger partial charge in [0.2, 0.25) is 0 Å². The van der Waals surface area contributed by atoms with Gasteiger partial charge in [-0.25, -0.2) is 9.78 Å². The SMILES string of the molecule is CC(C)(C)OC(=O)N1CCC(CNCc2cscn2)C1. The lowest BCUT2D eigenvalue weighted by Gasteiger charge is -2.24. The smallest absolute Gasteiger partial charge is 0.410 e. The predicted molar refractivity (Wildman–Crippen MR) is 79.7 cm³/mol. The van der Waals surface area contributed by atoms with Crippen molar-refractivity contribution in [1.82, 2.24) is 15.2 Å². The molecule has 0 spiro atoms. The minimum absolute atomic E-state index is 0.195. The van der Waals surface area contributed by atoms with Crippen LogP contribution in [0.1, 0.15) is 32.9 Å². The third-order valence-electron chi connectivity index (χ3n) is 3.16. The Morgan fingerprint density at radius 2 is 2.40 bits per heavy atom. The maximum absolute atomic E-state index is 11.9. The van der Waals surface area contributed by atoms with E-state index < -0.39 is 5.60 Å². The maximum Gasteiger partial charge on any atom is 0.410 e. The second-order valence-electron chi connectivity index (χ2n) is 6.19. The quantitative estimate of drug-likeness (QED) is 0.927. The first-order valence-electron chi connectivity index (χ1n) is 7.00. The lowest BCUT2D eigenvalue weighted by Crippen LogP contribution is -2.36. The Labute approximate surface area is 124 Å². The van der Waals surface area contributed by atoms with Crippen molar-refractivity contribution >= 4 is 17.4 Å². The van der Waals surface area contributed by atoms with E-state index >= 15 is 0 Å². The number of nitrogens with one attached hydrogen (secondary N) is 1. The van der Waals surface area contributed by atoms with Crippen molar-refractivity contribution in [2.45, 2.75) is 39.3 Å². The van der Waals surface area contributed by atoms with E-state index in [1.165, 1.54) is 0 Å². The molecule has 0 aliphatic carbocycles. The molecule has 0 bridgehead atoms. The molecule has 0 aromatic carbocycles. The van der Waals surface area contributed by atoms with Gasteiger partial charge in [0.05, 0.1) is 11.2 Å². The summed E-state index contributed by atoms with van der Waals surface area (Å²) in [5, 5.41) is 5.45. The number of likely N-dealkylation sites (tertiary alicyclic amines) is 1. The van der Waals surface area contributed by atoms with Gasteiger partial charge < -0.3 is 15.0 Å². The minimum atomic E-state index is -0.419. The largest absolute Gasteiger partial charge is 0.444 e. The third kappa shape index (κ3) is 4.76. The van der Waals surface area contributed by atoms with Crippen molar-refractivity contribution in [3.8, 4) is 0 Å². The van der Waals surface area contributed by atoms with Crippen LogP contribution in [-0.2, 0) is 11.3 Å². The molecule has 0 saturated carbocycles. The molecule has 1 aliphatic rings. The lowest BCUT2D eigenvalue weighted by atomic mass is 10.1. The molecule has 2 heterocycles. The van der Waals surface area contributed by atoms with Crippen molar-refractivity contribution in [2.24, 2.45) is 5.92 Å². The molecule has 1 saturated heterocycles. The van der Waals surface area contributed by atoms with Gasteiger partial charge in [-0.15, -0.1) is 11.3 Å². The maximum atomic E-state index is 11.9. The lowest BCUT2D eigenvalue weighted by molar-refractivity contribution is 0.0288. The first-order chi connectivity index (χ1) is 9.44. The van der Waals surface area contributed by atoms with Crippen LogP contribution >= 0.6 is 11.3 Å². The Kier molecular flexibility index (Phi) is 4.99. The van der Waals surface area contributed by atoms with E-state index in [9.17, 15) is 4.79 Å². The molecule has 5 nitrogen and oxygen atoms in total. The van der Waals surface area contributed by atoms with Gasteiger partial charge in [-0.3, -0.25) is 0 Å². The Morgan fingerprint density at radius 3 is 3.05 bits per heavy atom. The van der Waals surface area contributed by atoms with Crippen LogP contribution in [0, 0.1) is 5.92 Å². The van der Waals surface area contributed by atoms with Gasteiger partial charge in [0, 0.05) is 31.6 Å². The third-order valence-corrected chi connectivity index (χ3v) is 3.80. The van der Waals surface area contributed by atoms with Crippen LogP contribution < -0.4 is 5.32 Å². The number of rotatable bonds is 4. The Morgan fingerprint density at radius 1 is 1.60 bits per heavy atom. The highest BCUT2D eigenvalue weighted by molar-refractivity contribution is 7.07. The van der Waals surface area contributed by atoms with E-state index in [0.29, 0.717) is 5.92 Å². The number of hydrogen-bond acceptors (Lipinski definition) is 5. The fourth-order valence-electron chi connectivity index (χ4n) is 2.22. The van der Waals surface area contributed by atoms with Gasteiger partial charge in [-0.05, 0) is 33.1 Å². The standard InChI is InChI=1S/C14H23N3O2S/c1-14(2,3)19-13(18)17-5-4-11(8-17)6-15-7-12-9-20-10-16-12/h9-11,15H,4-8H2,1-3H3. The molecule has 1 aliphatic heterocycles. The van der Waals surface area contributed by atoms with Gasteiger partial charge in [-0.1, -0.05) is 0 Å². The number of amides is 1. The number of ether oxygens (including phenoxy) is 1.